The van der Waals surface area contributed by atoms with E-state index in [1.807, 2.05) is 24.1 Å². The molecule has 1 aliphatic rings. The zero-order chi connectivity index (χ0) is 14.6. The second-order valence-corrected chi connectivity index (χ2v) is 7.89. The molecule has 21 heavy (non-hydrogen) atoms. The summed E-state index contributed by atoms with van der Waals surface area (Å²) in [7, 11) is 3.74. The van der Waals surface area contributed by atoms with Crippen LogP contribution in [-0.4, -0.2) is 53.7 Å². The molecule has 0 radical (unpaired) electrons. The summed E-state index contributed by atoms with van der Waals surface area (Å²) in [6, 6.07) is 3.93. The molecule has 0 aromatic carbocycles. The lowest BCUT2D eigenvalue weighted by molar-refractivity contribution is 0.0718. The fourth-order valence-corrected chi connectivity index (χ4v) is 4.55. The van der Waals surface area contributed by atoms with Crippen LogP contribution in [0.2, 0.25) is 4.34 Å². The average Bonchev–Trinajstić information content (AvgIpc) is 3.00. The summed E-state index contributed by atoms with van der Waals surface area (Å²) in [5.41, 5.74) is -0.603. The van der Waals surface area contributed by atoms with Crippen molar-refractivity contribution in [3.8, 4) is 0 Å². The Morgan fingerprint density at radius 3 is 2.86 bits per heavy atom. The molecule has 8 heteroatoms. The quantitative estimate of drug-likeness (QED) is 0.411. The molecule has 1 aromatic heterocycles. The smallest absolute Gasteiger partial charge is 0.193 e. The van der Waals surface area contributed by atoms with Crippen molar-refractivity contribution >= 4 is 64.6 Å². The van der Waals surface area contributed by atoms with Gasteiger partial charge in [0.05, 0.1) is 16.5 Å². The molecule has 2 heterocycles. The Bertz CT molecular complexity index is 478. The molecular formula is C13H21ClIN3OS2. The van der Waals surface area contributed by atoms with Crippen LogP contribution in [0.3, 0.4) is 0 Å². The van der Waals surface area contributed by atoms with E-state index in [0.29, 0.717) is 6.54 Å². The normalized spacial score (nSPS) is 22.0. The van der Waals surface area contributed by atoms with Gasteiger partial charge in [0.1, 0.15) is 0 Å². The predicted molar refractivity (Wildman–Crippen MR) is 104 cm³/mol. The molecule has 1 unspecified atom stereocenters. The van der Waals surface area contributed by atoms with Gasteiger partial charge in [-0.3, -0.25) is 4.99 Å². The minimum atomic E-state index is -0.603. The maximum atomic E-state index is 10.3. The average molecular weight is 462 g/mol. The lowest BCUT2D eigenvalue weighted by atomic mass is 10.0. The fourth-order valence-electron chi connectivity index (χ4n) is 2.11. The number of aliphatic imine (C=N–C) groups is 1. The van der Waals surface area contributed by atoms with Gasteiger partial charge in [-0.1, -0.05) is 11.6 Å². The van der Waals surface area contributed by atoms with E-state index in [1.54, 1.807) is 30.1 Å². The van der Waals surface area contributed by atoms with E-state index in [1.165, 1.54) is 4.88 Å². The number of guanidine groups is 1. The van der Waals surface area contributed by atoms with Crippen molar-refractivity contribution < 1.29 is 5.11 Å². The standard InChI is InChI=1S/C13H20ClN3OS2.HI/c1-15-12(16-8-13(18)5-6-19-9-13)17(2)7-10-3-4-11(14)20-10;/h3-4,18H,5-9H2,1-2H3,(H,15,16);1H. The SMILES string of the molecule is CN=C(NCC1(O)CCSC1)N(C)Cc1ccc(Cl)s1.I. The van der Waals surface area contributed by atoms with Gasteiger partial charge in [-0.2, -0.15) is 11.8 Å². The highest BCUT2D eigenvalue weighted by atomic mass is 127. The first kappa shape index (κ1) is 19.3. The Balaban J connectivity index is 0.00000220. The van der Waals surface area contributed by atoms with Gasteiger partial charge in [0, 0.05) is 31.3 Å². The van der Waals surface area contributed by atoms with Gasteiger partial charge >= 0.3 is 0 Å². The Hall–Kier alpha value is 0.300. The molecular weight excluding hydrogens is 441 g/mol. The number of halogens is 2. The van der Waals surface area contributed by atoms with Crippen LogP contribution in [0, 0.1) is 0 Å². The Kier molecular flexibility index (Phi) is 8.11. The third-order valence-corrected chi connectivity index (χ3v) is 5.70. The molecule has 1 saturated heterocycles. The van der Waals surface area contributed by atoms with E-state index < -0.39 is 5.60 Å². The van der Waals surface area contributed by atoms with Crippen molar-refractivity contribution in [3.05, 3.63) is 21.3 Å². The first-order chi connectivity index (χ1) is 9.52. The van der Waals surface area contributed by atoms with E-state index in [9.17, 15) is 5.11 Å². The zero-order valence-electron chi connectivity index (χ0n) is 12.1. The Morgan fingerprint density at radius 1 is 1.57 bits per heavy atom. The number of nitrogens with one attached hydrogen (secondary N) is 1. The maximum Gasteiger partial charge on any atom is 0.193 e. The number of thioether (sulfide) groups is 1. The second-order valence-electron chi connectivity index (χ2n) is 4.99. The number of thiophene rings is 1. The molecule has 0 saturated carbocycles. The largest absolute Gasteiger partial charge is 0.387 e. The van der Waals surface area contributed by atoms with Crippen LogP contribution in [0.1, 0.15) is 11.3 Å². The van der Waals surface area contributed by atoms with E-state index in [-0.39, 0.29) is 24.0 Å². The molecule has 1 aromatic rings. The molecule has 1 aliphatic heterocycles. The Morgan fingerprint density at radius 2 is 2.33 bits per heavy atom. The van der Waals surface area contributed by atoms with Crippen molar-refractivity contribution in [1.82, 2.24) is 10.2 Å². The summed E-state index contributed by atoms with van der Waals surface area (Å²) in [4.78, 5) is 7.49. The van der Waals surface area contributed by atoms with Crippen LogP contribution in [0.15, 0.2) is 17.1 Å². The van der Waals surface area contributed by atoms with Crippen LogP contribution in [-0.2, 0) is 6.54 Å². The minimum absolute atomic E-state index is 0. The highest BCUT2D eigenvalue weighted by Crippen LogP contribution is 2.27. The summed E-state index contributed by atoms with van der Waals surface area (Å²) in [5, 5.41) is 13.6. The highest BCUT2D eigenvalue weighted by molar-refractivity contribution is 14.0. The molecule has 1 atom stereocenters. The first-order valence-corrected chi connectivity index (χ1v) is 8.83. The van der Waals surface area contributed by atoms with Gasteiger partial charge in [0.25, 0.3) is 0 Å². The molecule has 2 rings (SSSR count). The number of nitrogens with zero attached hydrogens (tertiary/aromatic N) is 2. The maximum absolute atomic E-state index is 10.3. The molecule has 120 valence electrons. The summed E-state index contributed by atoms with van der Waals surface area (Å²) in [5.74, 6) is 2.61. The van der Waals surface area contributed by atoms with Crippen LogP contribution in [0.5, 0.6) is 0 Å². The molecule has 1 fully saturated rings. The third kappa shape index (κ3) is 5.78. The van der Waals surface area contributed by atoms with Crippen molar-refractivity contribution in [2.75, 3.05) is 32.1 Å². The highest BCUT2D eigenvalue weighted by Gasteiger charge is 2.31. The zero-order valence-corrected chi connectivity index (χ0v) is 16.9. The number of rotatable bonds is 4. The Labute approximate surface area is 156 Å². The van der Waals surface area contributed by atoms with E-state index >= 15 is 0 Å². The molecule has 0 spiro atoms. The summed E-state index contributed by atoms with van der Waals surface area (Å²) >= 11 is 9.31. The van der Waals surface area contributed by atoms with Crippen LogP contribution in [0.25, 0.3) is 0 Å². The molecule has 2 N–H and O–H groups in total. The summed E-state index contributed by atoms with van der Waals surface area (Å²) < 4.78 is 0.800. The van der Waals surface area contributed by atoms with Crippen LogP contribution >= 0.6 is 58.7 Å². The lowest BCUT2D eigenvalue weighted by Crippen LogP contribution is -2.47. The van der Waals surface area contributed by atoms with Gasteiger partial charge in [-0.05, 0) is 24.3 Å². The fraction of sp³-hybridized carbons (Fsp3) is 0.615. The minimum Gasteiger partial charge on any atom is -0.387 e. The number of hydrogen-bond donors (Lipinski definition) is 2. The summed E-state index contributed by atoms with van der Waals surface area (Å²) in [6.45, 7) is 1.30. The molecule has 0 bridgehead atoms. The predicted octanol–water partition coefficient (Wildman–Crippen LogP) is 2.89. The number of aliphatic hydroxyl groups is 1. The van der Waals surface area contributed by atoms with E-state index in [0.717, 1.165) is 34.8 Å². The lowest BCUT2D eigenvalue weighted by Gasteiger charge is -2.26. The van der Waals surface area contributed by atoms with Gasteiger partial charge < -0.3 is 15.3 Å². The van der Waals surface area contributed by atoms with Gasteiger partial charge in [-0.15, -0.1) is 35.3 Å². The van der Waals surface area contributed by atoms with E-state index in [2.05, 4.69) is 10.3 Å². The van der Waals surface area contributed by atoms with Crippen LogP contribution in [0.4, 0.5) is 0 Å². The topological polar surface area (TPSA) is 47.9 Å². The monoisotopic (exact) mass is 461 g/mol. The van der Waals surface area contributed by atoms with Gasteiger partial charge in [-0.25, -0.2) is 0 Å². The third-order valence-electron chi connectivity index (χ3n) is 3.25. The van der Waals surface area contributed by atoms with Crippen molar-refractivity contribution in [3.63, 3.8) is 0 Å². The summed E-state index contributed by atoms with van der Waals surface area (Å²) in [6.07, 6.45) is 0.839. The van der Waals surface area contributed by atoms with E-state index in [4.69, 9.17) is 11.6 Å². The second kappa shape index (κ2) is 8.81. The van der Waals surface area contributed by atoms with Crippen molar-refractivity contribution in [2.45, 2.75) is 18.6 Å². The van der Waals surface area contributed by atoms with Gasteiger partial charge in [0.2, 0.25) is 0 Å². The van der Waals surface area contributed by atoms with Crippen molar-refractivity contribution in [1.29, 1.82) is 0 Å². The molecule has 0 aliphatic carbocycles. The van der Waals surface area contributed by atoms with Gasteiger partial charge in [0.15, 0.2) is 5.96 Å². The number of hydrogen-bond acceptors (Lipinski definition) is 4. The molecule has 4 nitrogen and oxygen atoms in total. The van der Waals surface area contributed by atoms with Crippen molar-refractivity contribution in [2.24, 2.45) is 4.99 Å². The van der Waals surface area contributed by atoms with Crippen LogP contribution < -0.4 is 5.32 Å². The molecule has 0 amide bonds. The first-order valence-electron chi connectivity index (χ1n) is 6.48.